The zero-order chi connectivity index (χ0) is 20.2. The summed E-state index contributed by atoms with van der Waals surface area (Å²) in [4.78, 5) is 25.7. The van der Waals surface area contributed by atoms with Gasteiger partial charge in [0.2, 0.25) is 5.78 Å². The molecule has 1 heterocycles. The molecule has 1 aliphatic rings. The minimum absolute atomic E-state index is 0.178. The normalized spacial score (nSPS) is 16.1. The number of amides is 1. The van der Waals surface area contributed by atoms with E-state index in [1.165, 1.54) is 24.1 Å². The Labute approximate surface area is 158 Å². The number of ether oxygens (including phenoxy) is 2. The first kappa shape index (κ1) is 20.7. The lowest BCUT2D eigenvalue weighted by molar-refractivity contribution is -0.00520. The molecule has 0 bridgehead atoms. The number of carbonyl (C=O) groups excluding carboxylic acids is 2. The first-order valence-corrected chi connectivity index (χ1v) is 8.64. The Morgan fingerprint density at radius 3 is 2.41 bits per heavy atom. The molecule has 6 nitrogen and oxygen atoms in total. The predicted octanol–water partition coefficient (Wildman–Crippen LogP) is 2.78. The van der Waals surface area contributed by atoms with Crippen molar-refractivity contribution in [3.8, 4) is 17.6 Å². The van der Waals surface area contributed by atoms with Crippen LogP contribution in [0.3, 0.4) is 0 Å². The molecule has 1 amide bonds. The number of rotatable bonds is 2. The number of ketones is 1. The van der Waals surface area contributed by atoms with Gasteiger partial charge in [-0.05, 0) is 38.8 Å². The van der Waals surface area contributed by atoms with Crippen molar-refractivity contribution in [3.63, 3.8) is 0 Å². The second-order valence-corrected chi connectivity index (χ2v) is 7.42. The van der Waals surface area contributed by atoms with Gasteiger partial charge in [0, 0.05) is 32.0 Å². The van der Waals surface area contributed by atoms with E-state index in [0.29, 0.717) is 5.75 Å². The zero-order valence-corrected chi connectivity index (χ0v) is 16.0. The Kier molecular flexibility index (Phi) is 6.11. The van der Waals surface area contributed by atoms with Crippen LogP contribution in [0.1, 0.15) is 44.0 Å². The van der Waals surface area contributed by atoms with Crippen LogP contribution in [0.4, 0.5) is 9.18 Å². The third-order valence-electron chi connectivity index (χ3n) is 4.07. The molecular weight excluding hydrogens is 353 g/mol. The first-order chi connectivity index (χ1) is 12.5. The molecule has 0 saturated carbocycles. The van der Waals surface area contributed by atoms with E-state index in [1.54, 1.807) is 20.8 Å². The highest BCUT2D eigenvalue weighted by molar-refractivity contribution is 6.09. The number of carbonyl (C=O) groups is 2. The van der Waals surface area contributed by atoms with Gasteiger partial charge in [0.05, 0.1) is 12.7 Å². The van der Waals surface area contributed by atoms with Gasteiger partial charge in [-0.2, -0.15) is 0 Å². The van der Waals surface area contributed by atoms with Crippen molar-refractivity contribution in [2.45, 2.75) is 44.8 Å². The number of halogens is 1. The molecule has 0 aliphatic carbocycles. The van der Waals surface area contributed by atoms with Crippen molar-refractivity contribution >= 4 is 11.9 Å². The van der Waals surface area contributed by atoms with E-state index in [0.717, 1.165) is 6.07 Å². The van der Waals surface area contributed by atoms with Gasteiger partial charge < -0.3 is 19.5 Å². The van der Waals surface area contributed by atoms with E-state index in [2.05, 4.69) is 11.8 Å². The topological polar surface area (TPSA) is 76.1 Å². The summed E-state index contributed by atoms with van der Waals surface area (Å²) in [5.74, 6) is 3.69. The average Bonchev–Trinajstić information content (AvgIpc) is 2.58. The predicted molar refractivity (Wildman–Crippen MR) is 97.0 cm³/mol. The number of hydrogen-bond donors (Lipinski definition) is 1. The quantitative estimate of drug-likeness (QED) is 0.487. The monoisotopic (exact) mass is 377 g/mol. The summed E-state index contributed by atoms with van der Waals surface area (Å²) >= 11 is 0. The molecule has 1 N–H and O–H groups in total. The largest absolute Gasteiger partial charge is 0.497 e. The minimum atomic E-state index is -1.41. The maximum Gasteiger partial charge on any atom is 0.410 e. The summed E-state index contributed by atoms with van der Waals surface area (Å²) in [5, 5.41) is 10.5. The van der Waals surface area contributed by atoms with E-state index in [4.69, 9.17) is 9.47 Å². The highest BCUT2D eigenvalue weighted by Crippen LogP contribution is 2.23. The molecule has 1 aliphatic heterocycles. The number of benzene rings is 1. The molecule has 0 aromatic heterocycles. The lowest BCUT2D eigenvalue weighted by Crippen LogP contribution is -2.47. The summed E-state index contributed by atoms with van der Waals surface area (Å²) in [6.45, 7) is 5.85. The number of likely N-dealkylation sites (tertiary alicyclic amines) is 1. The number of hydrogen-bond acceptors (Lipinski definition) is 5. The average molecular weight is 377 g/mol. The lowest BCUT2D eigenvalue weighted by atomic mass is 9.92. The Bertz CT molecular complexity index is 780. The fourth-order valence-electron chi connectivity index (χ4n) is 2.56. The van der Waals surface area contributed by atoms with Crippen LogP contribution in [-0.4, -0.2) is 53.3 Å². The van der Waals surface area contributed by atoms with Gasteiger partial charge in [-0.25, -0.2) is 9.18 Å². The van der Waals surface area contributed by atoms with Gasteiger partial charge in [0.15, 0.2) is 0 Å². The van der Waals surface area contributed by atoms with Gasteiger partial charge in [0.25, 0.3) is 0 Å². The molecule has 0 spiro atoms. The fourth-order valence-corrected chi connectivity index (χ4v) is 2.56. The van der Waals surface area contributed by atoms with Crippen molar-refractivity contribution in [1.82, 2.24) is 4.90 Å². The van der Waals surface area contributed by atoms with Gasteiger partial charge in [-0.1, -0.05) is 5.92 Å². The molecule has 1 saturated heterocycles. The SMILES string of the molecule is COc1ccc(C(=O)C#CC2(O)CCN(C(=O)OC(C)(C)C)CC2)c(F)c1. The molecule has 7 heteroatoms. The summed E-state index contributed by atoms with van der Waals surface area (Å²) in [6.07, 6.45) is -0.0937. The maximum atomic E-state index is 13.9. The molecule has 146 valence electrons. The van der Waals surface area contributed by atoms with Gasteiger partial charge >= 0.3 is 6.09 Å². The van der Waals surface area contributed by atoms with Gasteiger partial charge in [0.1, 0.15) is 22.8 Å². The molecule has 2 rings (SSSR count). The molecule has 0 radical (unpaired) electrons. The Morgan fingerprint density at radius 1 is 1.26 bits per heavy atom. The van der Waals surface area contributed by atoms with Crippen molar-refractivity contribution in [2.24, 2.45) is 0 Å². The van der Waals surface area contributed by atoms with Crippen LogP contribution in [0.2, 0.25) is 0 Å². The molecular formula is C20H24FNO5. The van der Waals surface area contributed by atoms with Crippen molar-refractivity contribution in [2.75, 3.05) is 20.2 Å². The van der Waals surface area contributed by atoms with Crippen LogP contribution < -0.4 is 4.74 Å². The van der Waals surface area contributed by atoms with Crippen molar-refractivity contribution in [1.29, 1.82) is 0 Å². The first-order valence-electron chi connectivity index (χ1n) is 8.64. The minimum Gasteiger partial charge on any atom is -0.497 e. The Hall–Kier alpha value is -2.59. The summed E-state index contributed by atoms with van der Waals surface area (Å²) in [5.41, 5.74) is -2.19. The van der Waals surface area contributed by atoms with Crippen LogP contribution in [0.15, 0.2) is 18.2 Å². The molecule has 1 aromatic carbocycles. The van der Waals surface area contributed by atoms with E-state index in [-0.39, 0.29) is 31.5 Å². The number of nitrogens with zero attached hydrogens (tertiary/aromatic N) is 1. The summed E-state index contributed by atoms with van der Waals surface area (Å²) in [7, 11) is 1.40. The van der Waals surface area contributed by atoms with E-state index < -0.39 is 28.9 Å². The molecule has 0 atom stereocenters. The summed E-state index contributed by atoms with van der Waals surface area (Å²) < 4.78 is 24.1. The second-order valence-electron chi connectivity index (χ2n) is 7.42. The lowest BCUT2D eigenvalue weighted by Gasteiger charge is -2.35. The molecule has 27 heavy (non-hydrogen) atoms. The standard InChI is InChI=1S/C20H24FNO5/c1-19(2,3)27-18(24)22-11-9-20(25,10-12-22)8-7-17(23)15-6-5-14(26-4)13-16(15)21/h5-6,13,25H,9-12H2,1-4H3. The Balaban J connectivity index is 2.01. The molecule has 1 aromatic rings. The van der Waals surface area contributed by atoms with Crippen molar-refractivity contribution < 1.29 is 28.6 Å². The van der Waals surface area contributed by atoms with Crippen LogP contribution >= 0.6 is 0 Å². The van der Waals surface area contributed by atoms with Crippen LogP contribution in [-0.2, 0) is 4.74 Å². The smallest absolute Gasteiger partial charge is 0.410 e. The maximum absolute atomic E-state index is 13.9. The highest BCUT2D eigenvalue weighted by Gasteiger charge is 2.34. The summed E-state index contributed by atoms with van der Waals surface area (Å²) in [6, 6.07) is 3.86. The van der Waals surface area contributed by atoms with Gasteiger partial charge in [-0.15, -0.1) is 0 Å². The number of aliphatic hydroxyl groups is 1. The molecule has 1 fully saturated rings. The number of piperidine rings is 1. The zero-order valence-electron chi connectivity index (χ0n) is 16.0. The van der Waals surface area contributed by atoms with Gasteiger partial charge in [-0.3, -0.25) is 4.79 Å². The Morgan fingerprint density at radius 2 is 1.89 bits per heavy atom. The highest BCUT2D eigenvalue weighted by atomic mass is 19.1. The van der Waals surface area contributed by atoms with E-state index in [9.17, 15) is 19.1 Å². The van der Waals surface area contributed by atoms with Crippen LogP contribution in [0.25, 0.3) is 0 Å². The van der Waals surface area contributed by atoms with E-state index in [1.807, 2.05) is 0 Å². The molecule has 0 unspecified atom stereocenters. The van der Waals surface area contributed by atoms with Crippen LogP contribution in [0, 0.1) is 17.7 Å². The third-order valence-corrected chi connectivity index (χ3v) is 4.07. The van der Waals surface area contributed by atoms with Crippen molar-refractivity contribution in [3.05, 3.63) is 29.6 Å². The second kappa shape index (κ2) is 7.97. The fraction of sp³-hybridized carbons (Fsp3) is 0.500. The van der Waals surface area contributed by atoms with E-state index >= 15 is 0 Å². The number of Topliss-reactive ketones (excluding diaryl/α,β-unsaturated/α-hetero) is 1. The number of methoxy groups -OCH3 is 1. The van der Waals surface area contributed by atoms with Crippen LogP contribution in [0.5, 0.6) is 5.75 Å². The third kappa shape index (κ3) is 5.69.